The molecule has 0 spiro atoms. The van der Waals surface area contributed by atoms with Crippen LogP contribution in [0.5, 0.6) is 0 Å². The van der Waals surface area contributed by atoms with Gasteiger partial charge in [0.1, 0.15) is 0 Å². The van der Waals surface area contributed by atoms with Crippen molar-refractivity contribution in [1.82, 2.24) is 30.6 Å². The Balaban J connectivity index is 1.23. The summed E-state index contributed by atoms with van der Waals surface area (Å²) in [6.07, 6.45) is 5.40. The van der Waals surface area contributed by atoms with Crippen LogP contribution in [-0.4, -0.2) is 76.6 Å². The molecule has 1 saturated heterocycles. The first kappa shape index (κ1) is 20.3. The number of piperazine rings is 1. The average Bonchev–Trinajstić information content (AvgIpc) is 3.18. The zero-order chi connectivity index (χ0) is 20.9. The monoisotopic (exact) mass is 412 g/mol. The van der Waals surface area contributed by atoms with Crippen molar-refractivity contribution in [3.05, 3.63) is 30.0 Å². The van der Waals surface area contributed by atoms with Gasteiger partial charge in [-0.3, -0.25) is 24.9 Å². The number of carbonyl (C=O) groups is 3. The Morgan fingerprint density at radius 1 is 1.03 bits per heavy atom. The molecule has 1 aliphatic heterocycles. The Bertz CT molecular complexity index is 912. The minimum absolute atomic E-state index is 0.108. The molecule has 30 heavy (non-hydrogen) atoms. The quantitative estimate of drug-likeness (QED) is 0.705. The molecule has 0 unspecified atom stereocenters. The Kier molecular flexibility index (Phi) is 6.27. The summed E-state index contributed by atoms with van der Waals surface area (Å²) >= 11 is 0. The van der Waals surface area contributed by atoms with E-state index in [4.69, 9.17) is 0 Å². The number of hydrogen-bond donors (Lipinski definition) is 3. The summed E-state index contributed by atoms with van der Waals surface area (Å²) in [5.41, 5.74) is 1.26. The van der Waals surface area contributed by atoms with E-state index in [2.05, 4.69) is 20.8 Å². The maximum atomic E-state index is 12.8. The standard InChI is InChI=1S/C21H28N6O3/c28-18(23-21(30)22-15-6-2-1-3-7-15)14-26-10-12-27(13-11-26)20(29)19-16-8-4-5-9-17(16)24-25-19/h4-5,8-9,15H,1-3,6-7,10-14H2,(H,24,25)(H2,22,23,28,30). The normalized spacial score (nSPS) is 18.3. The number of urea groups is 1. The third-order valence-corrected chi connectivity index (χ3v) is 5.89. The number of benzene rings is 1. The highest BCUT2D eigenvalue weighted by molar-refractivity contribution is 6.04. The topological polar surface area (TPSA) is 110 Å². The molecule has 1 aliphatic carbocycles. The lowest BCUT2D eigenvalue weighted by Crippen LogP contribution is -2.53. The predicted molar refractivity (Wildman–Crippen MR) is 112 cm³/mol. The van der Waals surface area contributed by atoms with Crippen molar-refractivity contribution in [2.45, 2.75) is 38.1 Å². The second-order valence-electron chi connectivity index (χ2n) is 8.04. The Morgan fingerprint density at radius 2 is 1.77 bits per heavy atom. The van der Waals surface area contributed by atoms with E-state index in [1.165, 1.54) is 6.42 Å². The first-order chi connectivity index (χ1) is 14.6. The maximum Gasteiger partial charge on any atom is 0.321 e. The molecule has 4 rings (SSSR count). The molecule has 3 N–H and O–H groups in total. The van der Waals surface area contributed by atoms with Crippen molar-refractivity contribution in [2.75, 3.05) is 32.7 Å². The number of nitrogens with zero attached hydrogens (tertiary/aromatic N) is 3. The maximum absolute atomic E-state index is 12.8. The number of aromatic nitrogens is 2. The number of para-hydroxylation sites is 1. The molecule has 2 aromatic rings. The summed E-state index contributed by atoms with van der Waals surface area (Å²) in [4.78, 5) is 40.8. The molecule has 0 radical (unpaired) electrons. The number of H-pyrrole nitrogens is 1. The van der Waals surface area contributed by atoms with Gasteiger partial charge in [-0.2, -0.15) is 5.10 Å². The van der Waals surface area contributed by atoms with Crippen LogP contribution in [0.1, 0.15) is 42.6 Å². The number of nitrogens with one attached hydrogen (secondary N) is 3. The van der Waals surface area contributed by atoms with E-state index in [-0.39, 0.29) is 24.4 Å². The van der Waals surface area contributed by atoms with Gasteiger partial charge in [-0.25, -0.2) is 4.79 Å². The molecule has 1 aromatic carbocycles. The Hall–Kier alpha value is -2.94. The third kappa shape index (κ3) is 4.79. The van der Waals surface area contributed by atoms with Gasteiger partial charge in [-0.1, -0.05) is 37.5 Å². The first-order valence-corrected chi connectivity index (χ1v) is 10.7. The minimum Gasteiger partial charge on any atom is -0.335 e. The molecular formula is C21H28N6O3. The van der Waals surface area contributed by atoms with Crippen LogP contribution in [0.2, 0.25) is 0 Å². The molecule has 160 valence electrons. The highest BCUT2D eigenvalue weighted by Crippen LogP contribution is 2.18. The minimum atomic E-state index is -0.411. The summed E-state index contributed by atoms with van der Waals surface area (Å²) in [5, 5.41) is 13.2. The van der Waals surface area contributed by atoms with E-state index >= 15 is 0 Å². The fourth-order valence-corrected chi connectivity index (χ4v) is 4.22. The van der Waals surface area contributed by atoms with Gasteiger partial charge in [0.25, 0.3) is 5.91 Å². The summed E-state index contributed by atoms with van der Waals surface area (Å²) < 4.78 is 0. The van der Waals surface area contributed by atoms with E-state index in [1.54, 1.807) is 4.90 Å². The lowest BCUT2D eigenvalue weighted by atomic mass is 9.96. The van der Waals surface area contributed by atoms with Gasteiger partial charge >= 0.3 is 6.03 Å². The molecule has 1 aromatic heterocycles. The van der Waals surface area contributed by atoms with Gasteiger partial charge < -0.3 is 10.2 Å². The number of amides is 4. The molecule has 2 aliphatic rings. The van der Waals surface area contributed by atoms with Crippen LogP contribution in [0.15, 0.2) is 24.3 Å². The average molecular weight is 412 g/mol. The highest BCUT2D eigenvalue weighted by atomic mass is 16.2. The van der Waals surface area contributed by atoms with E-state index in [1.807, 2.05) is 29.2 Å². The first-order valence-electron chi connectivity index (χ1n) is 10.7. The largest absolute Gasteiger partial charge is 0.335 e. The number of carbonyl (C=O) groups excluding carboxylic acids is 3. The van der Waals surface area contributed by atoms with Crippen molar-refractivity contribution in [3.63, 3.8) is 0 Å². The number of hydrogen-bond acceptors (Lipinski definition) is 5. The van der Waals surface area contributed by atoms with Crippen LogP contribution in [0.25, 0.3) is 10.9 Å². The van der Waals surface area contributed by atoms with E-state index in [9.17, 15) is 14.4 Å². The van der Waals surface area contributed by atoms with Gasteiger partial charge in [0.2, 0.25) is 5.91 Å². The molecular weight excluding hydrogens is 384 g/mol. The molecule has 9 heteroatoms. The number of imide groups is 1. The zero-order valence-corrected chi connectivity index (χ0v) is 17.0. The summed E-state index contributed by atoms with van der Waals surface area (Å²) in [6, 6.07) is 7.31. The lowest BCUT2D eigenvalue weighted by molar-refractivity contribution is -0.121. The summed E-state index contributed by atoms with van der Waals surface area (Å²) in [6.45, 7) is 2.33. The number of fused-ring (bicyclic) bond motifs is 1. The fraction of sp³-hybridized carbons (Fsp3) is 0.524. The molecule has 0 atom stereocenters. The van der Waals surface area contributed by atoms with Crippen LogP contribution < -0.4 is 10.6 Å². The van der Waals surface area contributed by atoms with E-state index in [0.717, 1.165) is 36.6 Å². The molecule has 2 heterocycles. The molecule has 9 nitrogen and oxygen atoms in total. The fourth-order valence-electron chi connectivity index (χ4n) is 4.22. The Labute approximate surface area is 175 Å². The van der Waals surface area contributed by atoms with E-state index < -0.39 is 6.03 Å². The third-order valence-electron chi connectivity index (χ3n) is 5.89. The van der Waals surface area contributed by atoms with Crippen molar-refractivity contribution >= 4 is 28.7 Å². The van der Waals surface area contributed by atoms with Crippen molar-refractivity contribution in [3.8, 4) is 0 Å². The van der Waals surface area contributed by atoms with E-state index in [0.29, 0.717) is 31.9 Å². The van der Waals surface area contributed by atoms with Crippen LogP contribution in [0, 0.1) is 0 Å². The highest BCUT2D eigenvalue weighted by Gasteiger charge is 2.26. The van der Waals surface area contributed by atoms with Gasteiger partial charge in [0.05, 0.1) is 12.1 Å². The van der Waals surface area contributed by atoms with Crippen LogP contribution in [0.3, 0.4) is 0 Å². The molecule has 4 amide bonds. The smallest absolute Gasteiger partial charge is 0.321 e. The van der Waals surface area contributed by atoms with Gasteiger partial charge in [0, 0.05) is 37.6 Å². The molecule has 0 bridgehead atoms. The second-order valence-corrected chi connectivity index (χ2v) is 8.04. The molecule has 1 saturated carbocycles. The van der Waals surface area contributed by atoms with Crippen molar-refractivity contribution in [1.29, 1.82) is 0 Å². The lowest BCUT2D eigenvalue weighted by Gasteiger charge is -2.34. The van der Waals surface area contributed by atoms with Crippen molar-refractivity contribution in [2.24, 2.45) is 0 Å². The van der Waals surface area contributed by atoms with Crippen LogP contribution in [0.4, 0.5) is 4.79 Å². The van der Waals surface area contributed by atoms with Gasteiger partial charge in [-0.15, -0.1) is 0 Å². The number of aromatic amines is 1. The summed E-state index contributed by atoms with van der Waals surface area (Å²) in [5.74, 6) is -0.426. The van der Waals surface area contributed by atoms with Gasteiger partial charge in [0.15, 0.2) is 5.69 Å². The van der Waals surface area contributed by atoms with Crippen LogP contribution in [-0.2, 0) is 4.79 Å². The second kappa shape index (κ2) is 9.25. The Morgan fingerprint density at radius 3 is 2.53 bits per heavy atom. The predicted octanol–water partition coefficient (Wildman–Crippen LogP) is 1.48. The number of rotatable bonds is 4. The summed E-state index contributed by atoms with van der Waals surface area (Å²) in [7, 11) is 0. The van der Waals surface area contributed by atoms with Crippen LogP contribution >= 0.6 is 0 Å². The SMILES string of the molecule is O=C(CN1CCN(C(=O)c2n[nH]c3ccccc23)CC1)NC(=O)NC1CCCCC1. The molecule has 2 fully saturated rings. The van der Waals surface area contributed by atoms with Gasteiger partial charge in [-0.05, 0) is 18.9 Å². The zero-order valence-electron chi connectivity index (χ0n) is 17.0. The van der Waals surface area contributed by atoms with Crippen molar-refractivity contribution < 1.29 is 14.4 Å².